The van der Waals surface area contributed by atoms with Crippen molar-refractivity contribution in [2.45, 2.75) is 32.1 Å². The average molecular weight is 403 g/mol. The first kappa shape index (κ1) is 20.0. The summed E-state index contributed by atoms with van der Waals surface area (Å²) >= 11 is 0. The molecule has 2 heterocycles. The number of aromatic amines is 1. The van der Waals surface area contributed by atoms with Crippen LogP contribution in [0.1, 0.15) is 41.9 Å². The number of likely N-dealkylation sites (tertiary alicyclic amines) is 1. The second-order valence-electron chi connectivity index (χ2n) is 7.77. The third kappa shape index (κ3) is 4.48. The minimum atomic E-state index is -0.146. The minimum Gasteiger partial charge on any atom is -0.343 e. The summed E-state index contributed by atoms with van der Waals surface area (Å²) in [7, 11) is 0. The van der Waals surface area contributed by atoms with Crippen LogP contribution in [0.15, 0.2) is 59.4 Å². The number of rotatable bonds is 6. The molecule has 1 saturated heterocycles. The fourth-order valence-corrected chi connectivity index (χ4v) is 4.05. The van der Waals surface area contributed by atoms with Gasteiger partial charge in [0.2, 0.25) is 5.91 Å². The van der Waals surface area contributed by atoms with E-state index in [-0.39, 0.29) is 23.2 Å². The molecule has 1 aliphatic rings. The van der Waals surface area contributed by atoms with Gasteiger partial charge in [0.05, 0.1) is 10.9 Å². The van der Waals surface area contributed by atoms with Crippen molar-refractivity contribution in [2.75, 3.05) is 13.1 Å². The average Bonchev–Trinajstić information content (AvgIpc) is 2.79. The van der Waals surface area contributed by atoms with Gasteiger partial charge >= 0.3 is 0 Å². The number of para-hydroxylation sites is 1. The number of fused-ring (bicyclic) bond motifs is 1. The molecule has 30 heavy (non-hydrogen) atoms. The lowest BCUT2D eigenvalue weighted by Crippen LogP contribution is -2.40. The maximum Gasteiger partial charge on any atom is 0.258 e. The summed E-state index contributed by atoms with van der Waals surface area (Å²) in [6.07, 6.45) is 3.00. The highest BCUT2D eigenvalue weighted by atomic mass is 16.2. The van der Waals surface area contributed by atoms with Gasteiger partial charge in [0.1, 0.15) is 5.82 Å². The number of ketones is 1. The number of carbonyl (C=O) groups excluding carboxylic acids is 2. The van der Waals surface area contributed by atoms with Crippen LogP contribution in [0.4, 0.5) is 0 Å². The summed E-state index contributed by atoms with van der Waals surface area (Å²) in [5.41, 5.74) is 1.28. The summed E-state index contributed by atoms with van der Waals surface area (Å²) in [4.78, 5) is 46.4. The molecule has 3 aromatic rings. The maximum absolute atomic E-state index is 12.6. The van der Waals surface area contributed by atoms with E-state index in [0.29, 0.717) is 61.9 Å². The summed E-state index contributed by atoms with van der Waals surface area (Å²) in [6.45, 7) is 1.24. The van der Waals surface area contributed by atoms with E-state index >= 15 is 0 Å². The lowest BCUT2D eigenvalue weighted by atomic mass is 9.89. The van der Waals surface area contributed by atoms with Gasteiger partial charge in [-0.05, 0) is 31.4 Å². The highest BCUT2D eigenvalue weighted by Crippen LogP contribution is 2.22. The first-order valence-electron chi connectivity index (χ1n) is 10.5. The number of nitrogens with zero attached hydrogens (tertiary/aromatic N) is 2. The van der Waals surface area contributed by atoms with Crippen molar-refractivity contribution in [3.05, 3.63) is 76.3 Å². The van der Waals surface area contributed by atoms with Crippen LogP contribution in [0.3, 0.4) is 0 Å². The van der Waals surface area contributed by atoms with E-state index in [1.165, 1.54) is 0 Å². The number of Topliss-reactive ketones (excluding diaryl/α,β-unsaturated/α-hetero) is 1. The number of carbonyl (C=O) groups is 2. The van der Waals surface area contributed by atoms with Gasteiger partial charge in [-0.25, -0.2) is 4.98 Å². The maximum atomic E-state index is 12.6. The Morgan fingerprint density at radius 1 is 1.00 bits per heavy atom. The van der Waals surface area contributed by atoms with Gasteiger partial charge in [-0.2, -0.15) is 0 Å². The molecule has 0 spiro atoms. The fourth-order valence-electron chi connectivity index (χ4n) is 4.05. The van der Waals surface area contributed by atoms with Crippen LogP contribution in [0.5, 0.6) is 0 Å². The number of hydrogen-bond donors (Lipinski definition) is 1. The van der Waals surface area contributed by atoms with E-state index < -0.39 is 0 Å². The first-order valence-corrected chi connectivity index (χ1v) is 10.5. The molecule has 0 bridgehead atoms. The van der Waals surface area contributed by atoms with E-state index in [1.807, 2.05) is 53.4 Å². The smallest absolute Gasteiger partial charge is 0.258 e. The van der Waals surface area contributed by atoms with Crippen molar-refractivity contribution >= 4 is 22.6 Å². The number of benzene rings is 2. The number of amides is 1. The van der Waals surface area contributed by atoms with E-state index in [2.05, 4.69) is 9.97 Å². The molecule has 1 fully saturated rings. The summed E-state index contributed by atoms with van der Waals surface area (Å²) in [6, 6.07) is 16.6. The number of aromatic nitrogens is 2. The molecule has 0 unspecified atom stereocenters. The molecule has 1 aromatic heterocycles. The molecular weight excluding hydrogens is 378 g/mol. The molecule has 0 atom stereocenters. The summed E-state index contributed by atoms with van der Waals surface area (Å²) in [5.74, 6) is 0.875. The molecule has 1 N–H and O–H groups in total. The van der Waals surface area contributed by atoms with Crippen LogP contribution in [-0.2, 0) is 11.2 Å². The molecule has 0 aliphatic carbocycles. The topological polar surface area (TPSA) is 83.1 Å². The van der Waals surface area contributed by atoms with Crippen LogP contribution < -0.4 is 5.56 Å². The third-order valence-corrected chi connectivity index (χ3v) is 5.74. The van der Waals surface area contributed by atoms with Gasteiger partial charge in [0, 0.05) is 37.4 Å². The quantitative estimate of drug-likeness (QED) is 0.640. The van der Waals surface area contributed by atoms with Crippen LogP contribution >= 0.6 is 0 Å². The number of piperidine rings is 1. The fraction of sp³-hybridized carbons (Fsp3) is 0.333. The molecule has 2 aromatic carbocycles. The molecule has 1 aliphatic heterocycles. The van der Waals surface area contributed by atoms with Crippen LogP contribution in [0, 0.1) is 5.92 Å². The summed E-state index contributed by atoms with van der Waals surface area (Å²) in [5, 5.41) is 0.574. The molecule has 0 radical (unpaired) electrons. The van der Waals surface area contributed by atoms with Gasteiger partial charge in [0.25, 0.3) is 5.56 Å². The zero-order chi connectivity index (χ0) is 20.9. The zero-order valence-corrected chi connectivity index (χ0v) is 16.8. The Labute approximate surface area is 174 Å². The van der Waals surface area contributed by atoms with Gasteiger partial charge in [0.15, 0.2) is 5.78 Å². The molecular formula is C24H25N3O3. The molecule has 6 nitrogen and oxygen atoms in total. The van der Waals surface area contributed by atoms with Crippen molar-refractivity contribution in [1.82, 2.24) is 14.9 Å². The number of aryl methyl sites for hydroxylation is 1. The van der Waals surface area contributed by atoms with E-state index in [1.54, 1.807) is 6.07 Å². The molecule has 154 valence electrons. The normalized spacial score (nSPS) is 14.7. The van der Waals surface area contributed by atoms with Crippen molar-refractivity contribution in [3.63, 3.8) is 0 Å². The number of hydrogen-bond acceptors (Lipinski definition) is 4. The molecule has 6 heteroatoms. The van der Waals surface area contributed by atoms with Crippen molar-refractivity contribution in [2.24, 2.45) is 5.92 Å². The Bertz CT molecular complexity index is 1100. The highest BCUT2D eigenvalue weighted by molar-refractivity contribution is 5.98. The van der Waals surface area contributed by atoms with Crippen LogP contribution in [0.25, 0.3) is 10.9 Å². The van der Waals surface area contributed by atoms with Gasteiger partial charge in [-0.3, -0.25) is 14.4 Å². The lowest BCUT2D eigenvalue weighted by molar-refractivity contribution is -0.132. The second-order valence-corrected chi connectivity index (χ2v) is 7.77. The number of nitrogens with one attached hydrogen (secondary N) is 1. The van der Waals surface area contributed by atoms with E-state index in [4.69, 9.17) is 0 Å². The molecule has 4 rings (SSSR count). The first-order chi connectivity index (χ1) is 14.6. The van der Waals surface area contributed by atoms with Gasteiger partial charge in [-0.15, -0.1) is 0 Å². The molecule has 0 saturated carbocycles. The highest BCUT2D eigenvalue weighted by Gasteiger charge is 2.27. The summed E-state index contributed by atoms with van der Waals surface area (Å²) < 4.78 is 0. The Morgan fingerprint density at radius 2 is 1.70 bits per heavy atom. The lowest BCUT2D eigenvalue weighted by Gasteiger charge is -2.31. The van der Waals surface area contributed by atoms with Crippen LogP contribution in [-0.4, -0.2) is 39.6 Å². The largest absolute Gasteiger partial charge is 0.343 e. The van der Waals surface area contributed by atoms with Crippen molar-refractivity contribution < 1.29 is 9.59 Å². The SMILES string of the molecule is O=C(c1ccccc1)C1CCN(C(=O)CCCc2nc3ccccc3c(=O)[nH]2)CC1. The van der Waals surface area contributed by atoms with Gasteiger partial charge < -0.3 is 9.88 Å². The predicted molar refractivity (Wildman–Crippen MR) is 115 cm³/mol. The monoisotopic (exact) mass is 403 g/mol. The Hall–Kier alpha value is -3.28. The second kappa shape index (κ2) is 9.03. The van der Waals surface area contributed by atoms with Crippen molar-refractivity contribution in [1.29, 1.82) is 0 Å². The third-order valence-electron chi connectivity index (χ3n) is 5.74. The zero-order valence-electron chi connectivity index (χ0n) is 16.8. The standard InChI is InChI=1S/C24H25N3O3/c28-22(12-6-11-21-25-20-10-5-4-9-19(20)24(30)26-21)27-15-13-18(14-16-27)23(29)17-7-2-1-3-8-17/h1-5,7-10,18H,6,11-16H2,(H,25,26,30). The van der Waals surface area contributed by atoms with E-state index in [9.17, 15) is 14.4 Å². The minimum absolute atomic E-state index is 0.0108. The Kier molecular flexibility index (Phi) is 6.02. The van der Waals surface area contributed by atoms with E-state index in [0.717, 1.165) is 5.56 Å². The van der Waals surface area contributed by atoms with Crippen molar-refractivity contribution in [3.8, 4) is 0 Å². The Morgan fingerprint density at radius 3 is 2.47 bits per heavy atom. The van der Waals surface area contributed by atoms with Gasteiger partial charge in [-0.1, -0.05) is 42.5 Å². The predicted octanol–water partition coefficient (Wildman–Crippen LogP) is 3.37. The van der Waals surface area contributed by atoms with Crippen LogP contribution in [0.2, 0.25) is 0 Å². The molecule has 1 amide bonds. The Balaban J connectivity index is 1.26. The number of H-pyrrole nitrogens is 1.